The van der Waals surface area contributed by atoms with Crippen molar-refractivity contribution in [3.63, 3.8) is 0 Å². The molecule has 100 valence electrons. The van der Waals surface area contributed by atoms with E-state index in [9.17, 15) is 4.79 Å². The molecule has 0 heterocycles. The number of carbonyl (C=O) groups excluding carboxylic acids is 1. The van der Waals surface area contributed by atoms with E-state index in [2.05, 4.69) is 5.32 Å². The summed E-state index contributed by atoms with van der Waals surface area (Å²) in [7, 11) is 0. The van der Waals surface area contributed by atoms with Gasteiger partial charge in [0.05, 0.1) is 5.02 Å². The molecule has 2 atom stereocenters. The smallest absolute Gasteiger partial charge is 0.260 e. The Bertz CT molecular complexity index is 423. The third kappa shape index (κ3) is 4.07. The number of rotatable bonds is 5. The van der Waals surface area contributed by atoms with Crippen molar-refractivity contribution in [2.24, 2.45) is 0 Å². The normalized spacial score (nSPS) is 13.8. The topological polar surface area (TPSA) is 38.3 Å². The monoisotopic (exact) mass is 289 g/mol. The third-order valence-electron chi connectivity index (χ3n) is 2.59. The van der Waals surface area contributed by atoms with Crippen LogP contribution in [-0.4, -0.2) is 18.1 Å². The van der Waals surface area contributed by atoms with Crippen molar-refractivity contribution in [3.05, 3.63) is 28.2 Å². The zero-order valence-electron chi connectivity index (χ0n) is 10.7. The van der Waals surface area contributed by atoms with Crippen LogP contribution in [-0.2, 0) is 4.79 Å². The summed E-state index contributed by atoms with van der Waals surface area (Å²) >= 11 is 11.9. The van der Waals surface area contributed by atoms with E-state index < -0.39 is 6.10 Å². The molecule has 0 aliphatic heterocycles. The Kier molecular flexibility index (Phi) is 5.76. The SMILES string of the molecule is CCC(C)NC(=O)C(C)Oc1cccc(Cl)c1Cl. The van der Waals surface area contributed by atoms with Crippen molar-refractivity contribution in [2.45, 2.75) is 39.3 Å². The highest BCUT2D eigenvalue weighted by molar-refractivity contribution is 6.42. The molecule has 0 aliphatic rings. The molecule has 0 fully saturated rings. The molecule has 18 heavy (non-hydrogen) atoms. The minimum absolute atomic E-state index is 0.124. The Balaban J connectivity index is 2.67. The summed E-state index contributed by atoms with van der Waals surface area (Å²) in [6, 6.07) is 5.20. The van der Waals surface area contributed by atoms with Gasteiger partial charge in [-0.2, -0.15) is 0 Å². The van der Waals surface area contributed by atoms with Gasteiger partial charge in [-0.05, 0) is 32.4 Å². The highest BCUT2D eigenvalue weighted by Gasteiger charge is 2.17. The number of benzene rings is 1. The van der Waals surface area contributed by atoms with Crippen molar-refractivity contribution in [3.8, 4) is 5.75 Å². The van der Waals surface area contributed by atoms with Crippen molar-refractivity contribution in [2.75, 3.05) is 0 Å². The molecule has 1 aromatic carbocycles. The minimum atomic E-state index is -0.616. The highest BCUT2D eigenvalue weighted by Crippen LogP contribution is 2.32. The zero-order chi connectivity index (χ0) is 13.7. The van der Waals surface area contributed by atoms with Gasteiger partial charge in [-0.25, -0.2) is 0 Å². The summed E-state index contributed by atoms with van der Waals surface area (Å²) in [5.74, 6) is 0.247. The summed E-state index contributed by atoms with van der Waals surface area (Å²) in [6.07, 6.45) is 0.256. The number of hydrogen-bond acceptors (Lipinski definition) is 2. The van der Waals surface area contributed by atoms with E-state index in [1.165, 1.54) is 0 Å². The number of ether oxygens (including phenoxy) is 1. The minimum Gasteiger partial charge on any atom is -0.479 e. The van der Waals surface area contributed by atoms with E-state index in [0.29, 0.717) is 15.8 Å². The molecule has 0 radical (unpaired) electrons. The van der Waals surface area contributed by atoms with E-state index in [1.54, 1.807) is 25.1 Å². The maximum atomic E-state index is 11.8. The van der Waals surface area contributed by atoms with Gasteiger partial charge in [0.15, 0.2) is 6.10 Å². The molecule has 1 amide bonds. The first-order valence-corrected chi connectivity index (χ1v) is 6.62. The van der Waals surface area contributed by atoms with E-state index in [-0.39, 0.29) is 11.9 Å². The maximum Gasteiger partial charge on any atom is 0.260 e. The second-order valence-corrected chi connectivity index (χ2v) is 4.92. The number of amides is 1. The standard InChI is InChI=1S/C13H17Cl2NO2/c1-4-8(2)16-13(17)9(3)18-11-7-5-6-10(14)12(11)15/h5-9H,4H2,1-3H3,(H,16,17). The summed E-state index contributed by atoms with van der Waals surface area (Å²) in [6.45, 7) is 5.62. The zero-order valence-corrected chi connectivity index (χ0v) is 12.2. The predicted molar refractivity (Wildman–Crippen MR) is 74.4 cm³/mol. The lowest BCUT2D eigenvalue weighted by Gasteiger charge is -2.18. The Labute approximate surface area is 117 Å². The molecule has 0 saturated heterocycles. The molecule has 2 unspecified atom stereocenters. The average Bonchev–Trinajstić information content (AvgIpc) is 2.34. The van der Waals surface area contributed by atoms with Crippen LogP contribution < -0.4 is 10.1 Å². The Hall–Kier alpha value is -0.930. The second kappa shape index (κ2) is 6.86. The molecule has 5 heteroatoms. The summed E-state index contributed by atoms with van der Waals surface area (Å²) < 4.78 is 5.50. The second-order valence-electron chi connectivity index (χ2n) is 4.13. The van der Waals surface area contributed by atoms with Crippen LogP contribution in [0.4, 0.5) is 0 Å². The lowest BCUT2D eigenvalue weighted by atomic mass is 10.2. The van der Waals surface area contributed by atoms with Gasteiger partial charge in [0.25, 0.3) is 5.91 Å². The summed E-state index contributed by atoms with van der Waals surface area (Å²) in [4.78, 5) is 11.8. The number of nitrogens with one attached hydrogen (secondary N) is 1. The van der Waals surface area contributed by atoms with Gasteiger partial charge >= 0.3 is 0 Å². The van der Waals surface area contributed by atoms with Gasteiger partial charge < -0.3 is 10.1 Å². The molecule has 0 saturated carbocycles. The van der Waals surface area contributed by atoms with Gasteiger partial charge in [0, 0.05) is 6.04 Å². The van der Waals surface area contributed by atoms with E-state index in [1.807, 2.05) is 13.8 Å². The van der Waals surface area contributed by atoms with Gasteiger partial charge in [-0.3, -0.25) is 4.79 Å². The molecule has 1 aromatic rings. The first kappa shape index (κ1) is 15.1. The van der Waals surface area contributed by atoms with E-state index in [4.69, 9.17) is 27.9 Å². The van der Waals surface area contributed by atoms with Gasteiger partial charge in [-0.1, -0.05) is 36.2 Å². The van der Waals surface area contributed by atoms with Crippen LogP contribution >= 0.6 is 23.2 Å². The van der Waals surface area contributed by atoms with Gasteiger partial charge in [-0.15, -0.1) is 0 Å². The molecule has 1 rings (SSSR count). The average molecular weight is 290 g/mol. The van der Waals surface area contributed by atoms with Gasteiger partial charge in [0.2, 0.25) is 0 Å². The van der Waals surface area contributed by atoms with Crippen LogP contribution in [0.2, 0.25) is 10.0 Å². The van der Waals surface area contributed by atoms with Crippen molar-refractivity contribution >= 4 is 29.1 Å². The maximum absolute atomic E-state index is 11.8. The first-order valence-electron chi connectivity index (χ1n) is 5.86. The lowest BCUT2D eigenvalue weighted by Crippen LogP contribution is -2.41. The molecule has 0 bridgehead atoms. The van der Waals surface area contributed by atoms with Crippen LogP contribution in [0.25, 0.3) is 0 Å². The van der Waals surface area contributed by atoms with Crippen molar-refractivity contribution in [1.29, 1.82) is 0 Å². The van der Waals surface area contributed by atoms with E-state index >= 15 is 0 Å². The Morgan fingerprint density at radius 2 is 2.06 bits per heavy atom. The van der Waals surface area contributed by atoms with Crippen molar-refractivity contribution in [1.82, 2.24) is 5.32 Å². The quantitative estimate of drug-likeness (QED) is 0.898. The molecular weight excluding hydrogens is 273 g/mol. The third-order valence-corrected chi connectivity index (χ3v) is 3.39. The van der Waals surface area contributed by atoms with Crippen molar-refractivity contribution < 1.29 is 9.53 Å². The number of carbonyl (C=O) groups is 1. The Morgan fingerprint density at radius 3 is 2.67 bits per heavy atom. The largest absolute Gasteiger partial charge is 0.479 e. The van der Waals surface area contributed by atoms with E-state index in [0.717, 1.165) is 6.42 Å². The number of hydrogen-bond donors (Lipinski definition) is 1. The van der Waals surface area contributed by atoms with Crippen LogP contribution in [0.5, 0.6) is 5.75 Å². The summed E-state index contributed by atoms with van der Waals surface area (Å²) in [5, 5.41) is 3.57. The molecule has 0 spiro atoms. The molecule has 3 nitrogen and oxygen atoms in total. The highest BCUT2D eigenvalue weighted by atomic mass is 35.5. The molecule has 0 aromatic heterocycles. The number of halogens is 2. The first-order chi connectivity index (χ1) is 8.45. The fourth-order valence-corrected chi connectivity index (χ4v) is 1.62. The van der Waals surface area contributed by atoms with Crippen LogP contribution in [0.1, 0.15) is 27.2 Å². The predicted octanol–water partition coefficient (Wildman–Crippen LogP) is 3.68. The fourth-order valence-electron chi connectivity index (χ4n) is 1.28. The Morgan fingerprint density at radius 1 is 1.39 bits per heavy atom. The molecule has 0 aliphatic carbocycles. The fraction of sp³-hybridized carbons (Fsp3) is 0.462. The lowest BCUT2D eigenvalue weighted by molar-refractivity contribution is -0.127. The summed E-state index contributed by atoms with van der Waals surface area (Å²) in [5.41, 5.74) is 0. The molecular formula is C13H17Cl2NO2. The molecule has 1 N–H and O–H groups in total. The van der Waals surface area contributed by atoms with Crippen LogP contribution in [0.15, 0.2) is 18.2 Å². The van der Waals surface area contributed by atoms with Gasteiger partial charge in [0.1, 0.15) is 10.8 Å². The van der Waals surface area contributed by atoms with Crippen LogP contribution in [0, 0.1) is 0 Å². The van der Waals surface area contributed by atoms with Crippen LogP contribution in [0.3, 0.4) is 0 Å².